The van der Waals surface area contributed by atoms with Gasteiger partial charge in [-0.05, 0) is 35.4 Å². The highest BCUT2D eigenvalue weighted by atomic mass is 35.5. The van der Waals surface area contributed by atoms with Crippen LogP contribution in [-0.2, 0) is 20.0 Å². The molecule has 3 aromatic rings. The van der Waals surface area contributed by atoms with E-state index in [9.17, 15) is 24.6 Å². The zero-order chi connectivity index (χ0) is 24.0. The summed E-state index contributed by atoms with van der Waals surface area (Å²) >= 11 is 11.8. The fourth-order valence-corrected chi connectivity index (χ4v) is 3.21. The van der Waals surface area contributed by atoms with E-state index in [2.05, 4.69) is 5.43 Å². The van der Waals surface area contributed by atoms with E-state index in [1.54, 1.807) is 30.3 Å². The Bertz CT molecular complexity index is 1150. The average molecular weight is 485 g/mol. The van der Waals surface area contributed by atoms with Gasteiger partial charge in [-0.1, -0.05) is 77.8 Å². The lowest BCUT2D eigenvalue weighted by atomic mass is 9.85. The number of nitrogens with one attached hydrogen (secondary N) is 2. The Balaban J connectivity index is 1.80. The standard InChI is InChI=1S/C24H18Cl2N2O5/c25-18-10-6-16(7-11-18)24(33,17-8-12-19(26)13-9-17)23(32)28-27-22(31)21(30)14-20(29)15-4-2-1-3-5-15/h1-14,29,33H,(H,27,31)(H,28,32)/b20-14-. The van der Waals surface area contributed by atoms with Gasteiger partial charge in [-0.2, -0.15) is 0 Å². The summed E-state index contributed by atoms with van der Waals surface area (Å²) in [5.41, 5.74) is 2.42. The lowest BCUT2D eigenvalue weighted by Crippen LogP contribution is -2.53. The van der Waals surface area contributed by atoms with Gasteiger partial charge < -0.3 is 10.2 Å². The van der Waals surface area contributed by atoms with Crippen LogP contribution in [-0.4, -0.2) is 27.8 Å². The number of amides is 2. The maximum absolute atomic E-state index is 13.0. The van der Waals surface area contributed by atoms with Crippen LogP contribution < -0.4 is 10.9 Å². The second-order valence-corrected chi connectivity index (χ2v) is 7.77. The van der Waals surface area contributed by atoms with Gasteiger partial charge >= 0.3 is 5.91 Å². The number of carbonyl (C=O) groups is 3. The zero-order valence-corrected chi connectivity index (χ0v) is 18.5. The van der Waals surface area contributed by atoms with Crippen LogP contribution in [0.3, 0.4) is 0 Å². The van der Waals surface area contributed by atoms with E-state index in [1.807, 2.05) is 5.43 Å². The molecular formula is C24H18Cl2N2O5. The van der Waals surface area contributed by atoms with Crippen molar-refractivity contribution < 1.29 is 24.6 Å². The van der Waals surface area contributed by atoms with E-state index in [4.69, 9.17) is 23.2 Å². The summed E-state index contributed by atoms with van der Waals surface area (Å²) in [5, 5.41) is 22.1. The van der Waals surface area contributed by atoms with Crippen molar-refractivity contribution in [3.8, 4) is 0 Å². The molecule has 0 aliphatic heterocycles. The maximum atomic E-state index is 13.0. The van der Waals surface area contributed by atoms with Crippen molar-refractivity contribution in [2.24, 2.45) is 0 Å². The van der Waals surface area contributed by atoms with Gasteiger partial charge in [0.05, 0.1) is 0 Å². The Morgan fingerprint density at radius 1 is 0.758 bits per heavy atom. The highest BCUT2D eigenvalue weighted by molar-refractivity contribution is 6.41. The molecule has 33 heavy (non-hydrogen) atoms. The Morgan fingerprint density at radius 3 is 1.73 bits per heavy atom. The number of aliphatic hydroxyl groups excluding tert-OH is 1. The highest BCUT2D eigenvalue weighted by Crippen LogP contribution is 2.31. The number of benzene rings is 3. The molecule has 0 heterocycles. The second kappa shape index (κ2) is 10.3. The normalized spacial score (nSPS) is 11.5. The molecule has 0 aliphatic rings. The first-order valence-corrected chi connectivity index (χ1v) is 10.3. The molecule has 0 spiro atoms. The van der Waals surface area contributed by atoms with Crippen LogP contribution in [0, 0.1) is 0 Å². The molecule has 0 atom stereocenters. The van der Waals surface area contributed by atoms with Gasteiger partial charge in [0.15, 0.2) is 5.60 Å². The van der Waals surface area contributed by atoms with E-state index < -0.39 is 29.0 Å². The summed E-state index contributed by atoms with van der Waals surface area (Å²) in [4.78, 5) is 37.3. The molecule has 0 aromatic heterocycles. The third kappa shape index (κ3) is 5.59. The minimum Gasteiger partial charge on any atom is -0.507 e. The van der Waals surface area contributed by atoms with Crippen molar-refractivity contribution in [3.63, 3.8) is 0 Å². The summed E-state index contributed by atoms with van der Waals surface area (Å²) in [5.74, 6) is -3.79. The predicted octanol–water partition coefficient (Wildman–Crippen LogP) is 3.54. The summed E-state index contributed by atoms with van der Waals surface area (Å²) in [6, 6.07) is 19.9. The van der Waals surface area contributed by atoms with Crippen molar-refractivity contribution in [3.05, 3.63) is 112 Å². The smallest absolute Gasteiger partial charge is 0.310 e. The molecule has 0 saturated carbocycles. The number of hydrogen-bond donors (Lipinski definition) is 4. The molecular weight excluding hydrogens is 467 g/mol. The number of ketones is 1. The van der Waals surface area contributed by atoms with Crippen LogP contribution in [0.5, 0.6) is 0 Å². The van der Waals surface area contributed by atoms with E-state index in [0.29, 0.717) is 15.6 Å². The van der Waals surface area contributed by atoms with Gasteiger partial charge in [-0.25, -0.2) is 0 Å². The third-order valence-electron chi connectivity index (χ3n) is 4.70. The van der Waals surface area contributed by atoms with E-state index in [-0.39, 0.29) is 11.1 Å². The summed E-state index contributed by atoms with van der Waals surface area (Å²) in [7, 11) is 0. The van der Waals surface area contributed by atoms with Gasteiger partial charge in [-0.3, -0.25) is 25.2 Å². The molecule has 3 rings (SSSR count). The average Bonchev–Trinajstić information content (AvgIpc) is 2.83. The van der Waals surface area contributed by atoms with E-state index >= 15 is 0 Å². The molecule has 3 aromatic carbocycles. The maximum Gasteiger partial charge on any atom is 0.310 e. The number of aliphatic hydroxyl groups is 2. The van der Waals surface area contributed by atoms with Crippen LogP contribution in [0.4, 0.5) is 0 Å². The Hall–Kier alpha value is -3.65. The quantitative estimate of drug-likeness (QED) is 0.185. The molecule has 0 radical (unpaired) electrons. The molecule has 0 saturated heterocycles. The lowest BCUT2D eigenvalue weighted by molar-refractivity contribution is -0.142. The summed E-state index contributed by atoms with van der Waals surface area (Å²) in [6.07, 6.45) is 0.724. The zero-order valence-electron chi connectivity index (χ0n) is 17.0. The van der Waals surface area contributed by atoms with Crippen LogP contribution >= 0.6 is 23.2 Å². The second-order valence-electron chi connectivity index (χ2n) is 6.89. The van der Waals surface area contributed by atoms with Crippen LogP contribution in [0.1, 0.15) is 16.7 Å². The molecule has 7 nitrogen and oxygen atoms in total. The minimum absolute atomic E-state index is 0.161. The lowest BCUT2D eigenvalue weighted by Gasteiger charge is -2.28. The summed E-state index contributed by atoms with van der Waals surface area (Å²) in [6.45, 7) is 0. The summed E-state index contributed by atoms with van der Waals surface area (Å²) < 4.78 is 0. The highest BCUT2D eigenvalue weighted by Gasteiger charge is 2.40. The number of hydrogen-bond acceptors (Lipinski definition) is 5. The molecule has 0 aliphatic carbocycles. The first kappa shape index (κ1) is 24.0. The van der Waals surface area contributed by atoms with Gasteiger partial charge in [0.25, 0.3) is 5.91 Å². The fraction of sp³-hybridized carbons (Fsp3) is 0.0417. The van der Waals surface area contributed by atoms with Gasteiger partial charge in [0.2, 0.25) is 5.78 Å². The number of hydrazine groups is 1. The SMILES string of the molecule is O=C(/C=C(\O)c1ccccc1)C(=O)NNC(=O)C(O)(c1ccc(Cl)cc1)c1ccc(Cl)cc1. The van der Waals surface area contributed by atoms with Gasteiger partial charge in [-0.15, -0.1) is 0 Å². The van der Waals surface area contributed by atoms with E-state index in [0.717, 1.165) is 6.08 Å². The van der Waals surface area contributed by atoms with Crippen molar-refractivity contribution in [1.82, 2.24) is 10.9 Å². The molecule has 9 heteroatoms. The largest absolute Gasteiger partial charge is 0.507 e. The first-order valence-electron chi connectivity index (χ1n) is 9.57. The van der Waals surface area contributed by atoms with Crippen molar-refractivity contribution in [1.29, 1.82) is 0 Å². The predicted molar refractivity (Wildman–Crippen MR) is 124 cm³/mol. The Kier molecular flexibility index (Phi) is 7.50. The number of halogens is 2. The fourth-order valence-electron chi connectivity index (χ4n) is 2.96. The van der Waals surface area contributed by atoms with Crippen molar-refractivity contribution in [2.75, 3.05) is 0 Å². The van der Waals surface area contributed by atoms with Crippen LogP contribution in [0.15, 0.2) is 84.9 Å². The van der Waals surface area contributed by atoms with Crippen LogP contribution in [0.2, 0.25) is 10.0 Å². The molecule has 0 unspecified atom stereocenters. The monoisotopic (exact) mass is 484 g/mol. The van der Waals surface area contributed by atoms with E-state index in [1.165, 1.54) is 48.5 Å². The first-order chi connectivity index (χ1) is 15.7. The van der Waals surface area contributed by atoms with Crippen molar-refractivity contribution >= 4 is 46.6 Å². The molecule has 0 bridgehead atoms. The van der Waals surface area contributed by atoms with Crippen molar-refractivity contribution in [2.45, 2.75) is 5.60 Å². The Morgan fingerprint density at radius 2 is 1.24 bits per heavy atom. The molecule has 4 N–H and O–H groups in total. The minimum atomic E-state index is -2.24. The topological polar surface area (TPSA) is 116 Å². The van der Waals surface area contributed by atoms with Gasteiger partial charge in [0.1, 0.15) is 5.76 Å². The van der Waals surface area contributed by atoms with Gasteiger partial charge in [0, 0.05) is 21.7 Å². The number of carbonyl (C=O) groups excluding carboxylic acids is 3. The molecule has 2 amide bonds. The third-order valence-corrected chi connectivity index (χ3v) is 5.21. The number of rotatable bonds is 6. The molecule has 168 valence electrons. The Labute approximate surface area is 199 Å². The molecule has 0 fully saturated rings. The van der Waals surface area contributed by atoms with Crippen LogP contribution in [0.25, 0.3) is 5.76 Å².